The lowest BCUT2D eigenvalue weighted by molar-refractivity contribution is -0.139. The number of hydrogen-bond donors (Lipinski definition) is 2. The molecule has 2 aliphatic rings. The third kappa shape index (κ3) is 1.46. The van der Waals surface area contributed by atoms with Gasteiger partial charge in [0.2, 0.25) is 0 Å². The molecule has 0 aromatic heterocycles. The molecule has 1 aliphatic carbocycles. The fourth-order valence-corrected chi connectivity index (χ4v) is 2.06. The summed E-state index contributed by atoms with van der Waals surface area (Å²) in [6, 6.07) is -0.282. The molecule has 0 aromatic rings. The third-order valence-electron chi connectivity index (χ3n) is 3.03. The molecule has 68 valence electrons. The molecule has 2 fully saturated rings. The Morgan fingerprint density at radius 3 is 2.67 bits per heavy atom. The summed E-state index contributed by atoms with van der Waals surface area (Å²) in [5, 5.41) is 12.1. The van der Waals surface area contributed by atoms with Crippen molar-refractivity contribution in [1.29, 1.82) is 0 Å². The largest absolute Gasteiger partial charge is 0.480 e. The van der Waals surface area contributed by atoms with E-state index >= 15 is 0 Å². The molecule has 3 nitrogen and oxygen atoms in total. The van der Waals surface area contributed by atoms with Crippen LogP contribution in [0.15, 0.2) is 0 Å². The summed E-state index contributed by atoms with van der Waals surface area (Å²) in [5.74, 6) is -0.678. The smallest absolute Gasteiger partial charge is 0.320 e. The Balaban J connectivity index is 2.01. The lowest BCUT2D eigenvalue weighted by atomic mass is 10.1. The molecule has 1 heterocycles. The fraction of sp³-hybridized carbons (Fsp3) is 0.889. The molecule has 0 radical (unpaired) electrons. The second-order valence-corrected chi connectivity index (χ2v) is 4.06. The van der Waals surface area contributed by atoms with Gasteiger partial charge in [0.15, 0.2) is 0 Å². The van der Waals surface area contributed by atoms with Gasteiger partial charge in [-0.15, -0.1) is 0 Å². The number of rotatable bonds is 1. The molecule has 1 spiro atoms. The molecular weight excluding hydrogens is 154 g/mol. The molecule has 2 N–H and O–H groups in total. The van der Waals surface area contributed by atoms with E-state index in [9.17, 15) is 4.79 Å². The van der Waals surface area contributed by atoms with E-state index in [1.54, 1.807) is 0 Å². The van der Waals surface area contributed by atoms with Gasteiger partial charge in [-0.2, -0.15) is 0 Å². The van der Waals surface area contributed by atoms with Crippen molar-refractivity contribution in [1.82, 2.24) is 5.32 Å². The summed E-state index contributed by atoms with van der Waals surface area (Å²) < 4.78 is 0. The number of carbonyl (C=O) groups is 1. The van der Waals surface area contributed by atoms with Gasteiger partial charge >= 0.3 is 5.97 Å². The Bertz CT molecular complexity index is 199. The highest BCUT2D eigenvalue weighted by Gasteiger charge is 2.45. The molecule has 1 unspecified atom stereocenters. The van der Waals surface area contributed by atoms with Crippen LogP contribution in [0.25, 0.3) is 0 Å². The van der Waals surface area contributed by atoms with Crippen molar-refractivity contribution in [3.8, 4) is 0 Å². The SMILES string of the molecule is O=C(O)C1CCCCC2(CC2)N1. The molecule has 0 amide bonds. The predicted molar refractivity (Wildman–Crippen MR) is 45.0 cm³/mol. The molecule has 0 aromatic carbocycles. The Kier molecular flexibility index (Phi) is 1.83. The van der Waals surface area contributed by atoms with Crippen LogP contribution in [-0.2, 0) is 4.79 Å². The zero-order valence-corrected chi connectivity index (χ0v) is 7.18. The first-order valence-electron chi connectivity index (χ1n) is 4.72. The van der Waals surface area contributed by atoms with Gasteiger partial charge in [-0.1, -0.05) is 12.8 Å². The molecule has 12 heavy (non-hydrogen) atoms. The van der Waals surface area contributed by atoms with Gasteiger partial charge in [0, 0.05) is 5.54 Å². The highest BCUT2D eigenvalue weighted by atomic mass is 16.4. The normalized spacial score (nSPS) is 32.8. The average molecular weight is 169 g/mol. The first-order valence-corrected chi connectivity index (χ1v) is 4.72. The van der Waals surface area contributed by atoms with Crippen LogP contribution in [0.1, 0.15) is 38.5 Å². The summed E-state index contributed by atoms with van der Waals surface area (Å²) in [7, 11) is 0. The summed E-state index contributed by atoms with van der Waals surface area (Å²) >= 11 is 0. The number of nitrogens with one attached hydrogen (secondary N) is 1. The van der Waals surface area contributed by atoms with Crippen molar-refractivity contribution in [3.63, 3.8) is 0 Å². The summed E-state index contributed by atoms with van der Waals surface area (Å²) in [5.41, 5.74) is 0.236. The minimum atomic E-state index is -0.678. The first-order chi connectivity index (χ1) is 5.72. The van der Waals surface area contributed by atoms with E-state index in [1.807, 2.05) is 0 Å². The lowest BCUT2D eigenvalue weighted by Gasteiger charge is -2.18. The second kappa shape index (κ2) is 2.73. The number of hydrogen-bond acceptors (Lipinski definition) is 2. The minimum Gasteiger partial charge on any atom is -0.480 e. The number of carboxylic acids is 1. The summed E-state index contributed by atoms with van der Waals surface area (Å²) in [6.45, 7) is 0. The van der Waals surface area contributed by atoms with Gasteiger partial charge in [-0.05, 0) is 25.7 Å². The van der Waals surface area contributed by atoms with Crippen molar-refractivity contribution in [3.05, 3.63) is 0 Å². The van der Waals surface area contributed by atoms with Gasteiger partial charge in [0.25, 0.3) is 0 Å². The second-order valence-electron chi connectivity index (χ2n) is 4.06. The van der Waals surface area contributed by atoms with Gasteiger partial charge in [0.1, 0.15) is 6.04 Å². The maximum atomic E-state index is 10.8. The number of carboxylic acid groups (broad SMARTS) is 1. The third-order valence-corrected chi connectivity index (χ3v) is 3.03. The predicted octanol–water partition coefficient (Wildman–Crippen LogP) is 1.14. The average Bonchev–Trinajstić information content (AvgIpc) is 2.80. The van der Waals surface area contributed by atoms with Crippen molar-refractivity contribution in [2.24, 2.45) is 0 Å². The van der Waals surface area contributed by atoms with E-state index in [1.165, 1.54) is 25.7 Å². The van der Waals surface area contributed by atoms with Gasteiger partial charge < -0.3 is 5.11 Å². The van der Waals surface area contributed by atoms with Crippen LogP contribution in [0, 0.1) is 0 Å². The Morgan fingerprint density at radius 2 is 2.08 bits per heavy atom. The van der Waals surface area contributed by atoms with E-state index in [2.05, 4.69) is 5.32 Å². The summed E-state index contributed by atoms with van der Waals surface area (Å²) in [6.07, 6.45) is 6.59. The topological polar surface area (TPSA) is 49.3 Å². The molecule has 1 saturated carbocycles. The maximum absolute atomic E-state index is 10.8. The van der Waals surface area contributed by atoms with Crippen molar-refractivity contribution in [2.45, 2.75) is 50.1 Å². The monoisotopic (exact) mass is 169 g/mol. The molecular formula is C9H15NO2. The Hall–Kier alpha value is -0.570. The van der Waals surface area contributed by atoms with Crippen molar-refractivity contribution >= 4 is 5.97 Å². The molecule has 3 heteroatoms. The molecule has 1 saturated heterocycles. The maximum Gasteiger partial charge on any atom is 0.320 e. The lowest BCUT2D eigenvalue weighted by Crippen LogP contribution is -2.43. The van der Waals surface area contributed by atoms with Crippen LogP contribution in [0.5, 0.6) is 0 Å². The van der Waals surface area contributed by atoms with Crippen molar-refractivity contribution in [2.75, 3.05) is 0 Å². The highest BCUT2D eigenvalue weighted by Crippen LogP contribution is 2.42. The fourth-order valence-electron chi connectivity index (χ4n) is 2.06. The zero-order chi connectivity index (χ0) is 8.60. The van der Waals surface area contributed by atoms with Gasteiger partial charge in [0.05, 0.1) is 0 Å². The molecule has 2 rings (SSSR count). The van der Waals surface area contributed by atoms with E-state index in [0.717, 1.165) is 12.8 Å². The molecule has 1 atom stereocenters. The minimum absolute atomic E-state index is 0.236. The van der Waals surface area contributed by atoms with Crippen LogP contribution in [0.3, 0.4) is 0 Å². The van der Waals surface area contributed by atoms with Crippen molar-refractivity contribution < 1.29 is 9.90 Å². The van der Waals surface area contributed by atoms with Crippen LogP contribution in [0.2, 0.25) is 0 Å². The number of aliphatic carboxylic acids is 1. The molecule has 0 bridgehead atoms. The van der Waals surface area contributed by atoms with E-state index < -0.39 is 5.97 Å². The van der Waals surface area contributed by atoms with E-state index in [-0.39, 0.29) is 11.6 Å². The highest BCUT2D eigenvalue weighted by molar-refractivity contribution is 5.73. The molecule has 1 aliphatic heterocycles. The van der Waals surface area contributed by atoms with Crippen LogP contribution < -0.4 is 5.32 Å². The first kappa shape index (κ1) is 8.05. The van der Waals surface area contributed by atoms with Crippen LogP contribution in [-0.4, -0.2) is 22.7 Å². The zero-order valence-electron chi connectivity index (χ0n) is 7.18. The summed E-state index contributed by atoms with van der Waals surface area (Å²) in [4.78, 5) is 10.8. The van der Waals surface area contributed by atoms with Gasteiger partial charge in [-0.3, -0.25) is 10.1 Å². The standard InChI is InChI=1S/C9H15NO2/c11-8(12)7-3-1-2-4-9(10-7)5-6-9/h7,10H,1-6H2,(H,11,12). The Labute approximate surface area is 72.2 Å². The van der Waals surface area contributed by atoms with Crippen LogP contribution in [0.4, 0.5) is 0 Å². The van der Waals surface area contributed by atoms with Gasteiger partial charge in [-0.25, -0.2) is 0 Å². The quantitative estimate of drug-likeness (QED) is 0.618. The van der Waals surface area contributed by atoms with Crippen LogP contribution >= 0.6 is 0 Å². The van der Waals surface area contributed by atoms with E-state index in [0.29, 0.717) is 0 Å². The Morgan fingerprint density at radius 1 is 1.33 bits per heavy atom. The van der Waals surface area contributed by atoms with E-state index in [4.69, 9.17) is 5.11 Å².